The van der Waals surface area contributed by atoms with Gasteiger partial charge in [-0.25, -0.2) is 0 Å². The van der Waals surface area contributed by atoms with Gasteiger partial charge in [0.1, 0.15) is 0 Å². The normalized spacial score (nSPS) is 27.3. The minimum Gasteiger partial charge on any atom is -0.493 e. The van der Waals surface area contributed by atoms with Crippen molar-refractivity contribution in [3.05, 3.63) is 23.3 Å². The van der Waals surface area contributed by atoms with E-state index in [1.165, 1.54) is 17.5 Å². The molecule has 0 aromatic heterocycles. The van der Waals surface area contributed by atoms with Gasteiger partial charge < -0.3 is 14.6 Å². The summed E-state index contributed by atoms with van der Waals surface area (Å²) in [6.07, 6.45) is 3.75. The Morgan fingerprint density at radius 2 is 1.88 bits per heavy atom. The van der Waals surface area contributed by atoms with Gasteiger partial charge in [-0.2, -0.15) is 0 Å². The maximum absolute atomic E-state index is 10.6. The third-order valence-corrected chi connectivity index (χ3v) is 5.51. The fourth-order valence-electron chi connectivity index (χ4n) is 4.56. The SMILES string of the molecule is COc1cc2c(cc1OC)[C@H]1C[C@@H](O)C[C@H](CC(C)C)CN1CC2. The minimum atomic E-state index is -0.220. The molecule has 0 saturated carbocycles. The zero-order valence-electron chi connectivity index (χ0n) is 15.4. The van der Waals surface area contributed by atoms with Crippen LogP contribution in [0.5, 0.6) is 11.5 Å². The second-order valence-electron chi connectivity index (χ2n) is 7.79. The van der Waals surface area contributed by atoms with Crippen molar-refractivity contribution in [2.24, 2.45) is 11.8 Å². The molecule has 3 atom stereocenters. The van der Waals surface area contributed by atoms with Crippen molar-refractivity contribution in [3.63, 3.8) is 0 Å². The van der Waals surface area contributed by atoms with Crippen molar-refractivity contribution in [2.45, 2.75) is 51.7 Å². The highest BCUT2D eigenvalue weighted by atomic mass is 16.5. The summed E-state index contributed by atoms with van der Waals surface area (Å²) in [7, 11) is 3.37. The molecule has 4 heteroatoms. The second-order valence-corrected chi connectivity index (χ2v) is 7.79. The van der Waals surface area contributed by atoms with Gasteiger partial charge in [0.15, 0.2) is 11.5 Å². The molecule has 4 nitrogen and oxygen atoms in total. The number of hydrogen-bond donors (Lipinski definition) is 1. The standard InChI is InChI=1S/C20H31NO3/c1-13(2)7-14-8-16(22)10-18-17-11-20(24-4)19(23-3)9-15(17)5-6-21(18)12-14/h9,11,13-14,16,18,22H,5-8,10,12H2,1-4H3/t14-,16-,18+/m0/s1. The number of aliphatic hydroxyl groups is 1. The number of ether oxygens (including phenoxy) is 2. The van der Waals surface area contributed by atoms with Crippen molar-refractivity contribution in [1.29, 1.82) is 0 Å². The largest absolute Gasteiger partial charge is 0.493 e. The van der Waals surface area contributed by atoms with Crippen molar-refractivity contribution < 1.29 is 14.6 Å². The monoisotopic (exact) mass is 333 g/mol. The van der Waals surface area contributed by atoms with E-state index in [1.807, 2.05) is 0 Å². The van der Waals surface area contributed by atoms with Crippen LogP contribution in [0.3, 0.4) is 0 Å². The molecule has 1 fully saturated rings. The lowest BCUT2D eigenvalue weighted by Crippen LogP contribution is -2.37. The molecular weight excluding hydrogens is 302 g/mol. The highest BCUT2D eigenvalue weighted by Crippen LogP contribution is 2.42. The average molecular weight is 333 g/mol. The van der Waals surface area contributed by atoms with Gasteiger partial charge in [0.2, 0.25) is 0 Å². The highest BCUT2D eigenvalue weighted by molar-refractivity contribution is 5.49. The Labute approximate surface area is 145 Å². The first-order valence-electron chi connectivity index (χ1n) is 9.18. The quantitative estimate of drug-likeness (QED) is 0.917. The number of rotatable bonds is 4. The predicted molar refractivity (Wildman–Crippen MR) is 95.7 cm³/mol. The van der Waals surface area contributed by atoms with E-state index in [0.29, 0.717) is 17.9 Å². The van der Waals surface area contributed by atoms with E-state index in [1.54, 1.807) is 14.2 Å². The molecule has 134 valence electrons. The van der Waals surface area contributed by atoms with Gasteiger partial charge >= 0.3 is 0 Å². The van der Waals surface area contributed by atoms with Gasteiger partial charge in [-0.15, -0.1) is 0 Å². The molecule has 1 saturated heterocycles. The summed E-state index contributed by atoms with van der Waals surface area (Å²) < 4.78 is 11.0. The van der Waals surface area contributed by atoms with E-state index < -0.39 is 0 Å². The van der Waals surface area contributed by atoms with Crippen LogP contribution in [-0.4, -0.2) is 43.4 Å². The number of nitrogens with zero attached hydrogens (tertiary/aromatic N) is 1. The lowest BCUT2D eigenvalue weighted by molar-refractivity contribution is 0.120. The topological polar surface area (TPSA) is 41.9 Å². The van der Waals surface area contributed by atoms with Crippen molar-refractivity contribution >= 4 is 0 Å². The maximum Gasteiger partial charge on any atom is 0.161 e. The summed E-state index contributed by atoms with van der Waals surface area (Å²) in [5, 5.41) is 10.6. The van der Waals surface area contributed by atoms with E-state index in [0.717, 1.165) is 43.9 Å². The van der Waals surface area contributed by atoms with Crippen molar-refractivity contribution in [3.8, 4) is 11.5 Å². The van der Waals surface area contributed by atoms with Gasteiger partial charge in [-0.3, -0.25) is 4.90 Å². The third kappa shape index (κ3) is 3.55. The first-order valence-corrected chi connectivity index (χ1v) is 9.18. The number of fused-ring (bicyclic) bond motifs is 3. The van der Waals surface area contributed by atoms with E-state index in [2.05, 4.69) is 30.9 Å². The van der Waals surface area contributed by atoms with E-state index in [9.17, 15) is 5.11 Å². The number of hydrogen-bond acceptors (Lipinski definition) is 4. The summed E-state index contributed by atoms with van der Waals surface area (Å²) in [6.45, 7) is 6.71. The molecule has 1 aromatic carbocycles. The summed E-state index contributed by atoms with van der Waals surface area (Å²) in [5.41, 5.74) is 2.64. The summed E-state index contributed by atoms with van der Waals surface area (Å²) >= 11 is 0. The molecule has 1 aromatic rings. The summed E-state index contributed by atoms with van der Waals surface area (Å²) in [4.78, 5) is 2.58. The van der Waals surface area contributed by atoms with Crippen LogP contribution in [0.4, 0.5) is 0 Å². The van der Waals surface area contributed by atoms with Crippen LogP contribution in [0.15, 0.2) is 12.1 Å². The van der Waals surface area contributed by atoms with Gasteiger partial charge in [-0.1, -0.05) is 13.8 Å². The first-order chi connectivity index (χ1) is 11.5. The Bertz CT molecular complexity index is 572. The van der Waals surface area contributed by atoms with Crippen LogP contribution in [0.25, 0.3) is 0 Å². The van der Waals surface area contributed by atoms with Crippen LogP contribution >= 0.6 is 0 Å². The molecule has 0 aliphatic carbocycles. The Morgan fingerprint density at radius 3 is 2.54 bits per heavy atom. The smallest absolute Gasteiger partial charge is 0.161 e. The van der Waals surface area contributed by atoms with Gasteiger partial charge in [0.25, 0.3) is 0 Å². The van der Waals surface area contributed by atoms with Crippen LogP contribution in [-0.2, 0) is 6.42 Å². The molecule has 0 amide bonds. The van der Waals surface area contributed by atoms with E-state index in [4.69, 9.17) is 9.47 Å². The molecule has 2 aliphatic heterocycles. The molecule has 2 heterocycles. The summed E-state index contributed by atoms with van der Waals surface area (Å²) in [6, 6.07) is 4.54. The zero-order chi connectivity index (χ0) is 17.3. The van der Waals surface area contributed by atoms with Gasteiger partial charge in [-0.05, 0) is 60.8 Å². The van der Waals surface area contributed by atoms with E-state index in [-0.39, 0.29) is 6.10 Å². The Kier molecular flexibility index (Phi) is 5.36. The number of methoxy groups -OCH3 is 2. The molecule has 24 heavy (non-hydrogen) atoms. The minimum absolute atomic E-state index is 0.220. The highest BCUT2D eigenvalue weighted by Gasteiger charge is 2.35. The number of benzene rings is 1. The average Bonchev–Trinajstić information content (AvgIpc) is 2.70. The van der Waals surface area contributed by atoms with E-state index >= 15 is 0 Å². The Morgan fingerprint density at radius 1 is 1.17 bits per heavy atom. The van der Waals surface area contributed by atoms with Crippen LogP contribution < -0.4 is 9.47 Å². The Hall–Kier alpha value is -1.26. The molecule has 0 bridgehead atoms. The molecular formula is C20H31NO3. The molecule has 3 rings (SSSR count). The van der Waals surface area contributed by atoms with Gasteiger partial charge in [0.05, 0.1) is 20.3 Å². The molecule has 0 spiro atoms. The fourth-order valence-corrected chi connectivity index (χ4v) is 4.56. The molecule has 1 N–H and O–H groups in total. The first kappa shape index (κ1) is 17.6. The van der Waals surface area contributed by atoms with Gasteiger partial charge in [0, 0.05) is 19.1 Å². The number of aliphatic hydroxyl groups excluding tert-OH is 1. The van der Waals surface area contributed by atoms with Crippen LogP contribution in [0, 0.1) is 11.8 Å². The summed E-state index contributed by atoms with van der Waals surface area (Å²) in [5.74, 6) is 2.86. The molecule has 0 unspecified atom stereocenters. The third-order valence-electron chi connectivity index (χ3n) is 5.51. The fraction of sp³-hybridized carbons (Fsp3) is 0.700. The molecule has 0 radical (unpaired) electrons. The zero-order valence-corrected chi connectivity index (χ0v) is 15.4. The lowest BCUT2D eigenvalue weighted by atomic mass is 9.89. The van der Waals surface area contributed by atoms with Crippen molar-refractivity contribution in [2.75, 3.05) is 27.3 Å². The maximum atomic E-state index is 10.6. The molecule has 2 aliphatic rings. The van der Waals surface area contributed by atoms with Crippen molar-refractivity contribution in [1.82, 2.24) is 4.90 Å². The lowest BCUT2D eigenvalue weighted by Gasteiger charge is -2.38. The van der Waals surface area contributed by atoms with Crippen LogP contribution in [0.2, 0.25) is 0 Å². The second kappa shape index (κ2) is 7.32. The van der Waals surface area contributed by atoms with Crippen LogP contribution in [0.1, 0.15) is 50.3 Å². The Balaban J connectivity index is 1.90. The predicted octanol–water partition coefficient (Wildman–Crippen LogP) is 3.42.